The van der Waals surface area contributed by atoms with Crippen LogP contribution in [0.4, 0.5) is 0 Å². The van der Waals surface area contributed by atoms with Crippen LogP contribution in [0.3, 0.4) is 0 Å². The second-order valence-electron chi connectivity index (χ2n) is 2.73. The normalized spacial score (nSPS) is 22.2. The van der Waals surface area contributed by atoms with Crippen molar-refractivity contribution in [3.05, 3.63) is 23.1 Å². The van der Waals surface area contributed by atoms with Crippen LogP contribution in [0.25, 0.3) is 0 Å². The molecular weight excluding hydrogens is 156 g/mol. The van der Waals surface area contributed by atoms with E-state index in [-0.39, 0.29) is 0 Å². The van der Waals surface area contributed by atoms with Crippen molar-refractivity contribution in [2.24, 2.45) is 0 Å². The highest BCUT2D eigenvalue weighted by molar-refractivity contribution is 8.04. The average Bonchev–Trinajstić information content (AvgIpc) is 2.06. The molecule has 0 spiro atoms. The van der Waals surface area contributed by atoms with E-state index >= 15 is 0 Å². The van der Waals surface area contributed by atoms with Crippen LogP contribution in [-0.2, 0) is 9.52 Å². The van der Waals surface area contributed by atoms with E-state index < -0.39 is 9.52 Å². The molecular formula is C9H14OS. The molecule has 0 aromatic rings. The van der Waals surface area contributed by atoms with Gasteiger partial charge in [-0.2, -0.15) is 0 Å². The Bertz CT molecular complexity index is 302. The lowest BCUT2D eigenvalue weighted by Crippen LogP contribution is -2.03. The van der Waals surface area contributed by atoms with E-state index in [1.807, 2.05) is 13.0 Å². The van der Waals surface area contributed by atoms with Gasteiger partial charge in [0.1, 0.15) is 0 Å². The van der Waals surface area contributed by atoms with Gasteiger partial charge in [-0.3, -0.25) is 4.21 Å². The highest BCUT2D eigenvalue weighted by atomic mass is 32.2. The van der Waals surface area contributed by atoms with Crippen molar-refractivity contribution in [1.29, 1.82) is 0 Å². The maximum Gasteiger partial charge on any atom is 0.0261 e. The van der Waals surface area contributed by atoms with Crippen molar-refractivity contribution in [2.75, 3.05) is 6.26 Å². The Labute approximate surface area is 68.8 Å². The first-order valence-electron chi connectivity index (χ1n) is 3.82. The molecule has 0 bridgehead atoms. The molecule has 0 aromatic carbocycles. The molecule has 0 fully saturated rings. The second-order valence-corrected chi connectivity index (χ2v) is 5.48. The van der Waals surface area contributed by atoms with E-state index in [1.54, 1.807) is 11.6 Å². The Morgan fingerprint density at radius 3 is 2.73 bits per heavy atom. The molecule has 1 atom stereocenters. The number of allylic oxidation sites excluding steroid dienone is 3. The highest BCUT2D eigenvalue weighted by Gasteiger charge is 2.04. The van der Waals surface area contributed by atoms with Crippen LogP contribution < -0.4 is 0 Å². The third-order valence-electron chi connectivity index (χ3n) is 1.88. The average molecular weight is 170 g/mol. The number of hydrogen-bond acceptors (Lipinski definition) is 1. The molecule has 0 radical (unpaired) electrons. The molecule has 62 valence electrons. The van der Waals surface area contributed by atoms with Gasteiger partial charge >= 0.3 is 0 Å². The molecule has 0 saturated carbocycles. The van der Waals surface area contributed by atoms with Gasteiger partial charge in [0.05, 0.1) is 0 Å². The fourth-order valence-corrected chi connectivity index (χ4v) is 2.11. The van der Waals surface area contributed by atoms with Crippen LogP contribution in [0.5, 0.6) is 0 Å². The number of hydrogen-bond donors (Lipinski definition) is 0. The minimum Gasteiger partial charge on any atom is -0.263 e. The zero-order valence-corrected chi connectivity index (χ0v) is 7.86. The topological polar surface area (TPSA) is 17.1 Å². The summed E-state index contributed by atoms with van der Waals surface area (Å²) in [6.07, 6.45) is 10.0. The molecule has 2 heteroatoms. The standard InChI is InChI=1S/C9H14OS/c1-3-11(2,10)9-7-5-4-6-8-9/h3,5,7-8H,4,6H2,1-2H3. The Hall–Kier alpha value is -0.500. The van der Waals surface area contributed by atoms with Crippen molar-refractivity contribution in [3.8, 4) is 0 Å². The first-order valence-corrected chi connectivity index (χ1v) is 5.85. The fraction of sp³-hybridized carbons (Fsp3) is 0.444. The third-order valence-corrected chi connectivity index (χ3v) is 4.02. The minimum atomic E-state index is -1.82. The van der Waals surface area contributed by atoms with Gasteiger partial charge in [-0.15, -0.1) is 0 Å². The van der Waals surface area contributed by atoms with Crippen LogP contribution in [0.1, 0.15) is 19.8 Å². The van der Waals surface area contributed by atoms with Gasteiger partial charge in [-0.1, -0.05) is 18.2 Å². The Morgan fingerprint density at radius 2 is 2.27 bits per heavy atom. The first kappa shape index (κ1) is 8.60. The molecule has 0 amide bonds. The first-order chi connectivity index (χ1) is 5.17. The molecule has 0 heterocycles. The lowest BCUT2D eigenvalue weighted by Gasteiger charge is -2.08. The lowest BCUT2D eigenvalue weighted by molar-refractivity contribution is 0.688. The molecule has 0 aliphatic heterocycles. The van der Waals surface area contributed by atoms with Gasteiger partial charge in [0.2, 0.25) is 0 Å². The maximum absolute atomic E-state index is 11.7. The quantitative estimate of drug-likeness (QED) is 0.550. The van der Waals surface area contributed by atoms with E-state index in [4.69, 9.17) is 0 Å². The van der Waals surface area contributed by atoms with Gasteiger partial charge < -0.3 is 0 Å². The van der Waals surface area contributed by atoms with Gasteiger partial charge in [-0.05, 0) is 34.7 Å². The van der Waals surface area contributed by atoms with Crippen LogP contribution in [0.15, 0.2) is 23.1 Å². The summed E-state index contributed by atoms with van der Waals surface area (Å²) in [7, 11) is -1.82. The summed E-state index contributed by atoms with van der Waals surface area (Å²) < 4.78 is 11.7. The van der Waals surface area contributed by atoms with Gasteiger partial charge in [0.15, 0.2) is 0 Å². The molecule has 1 nitrogen and oxygen atoms in total. The summed E-state index contributed by atoms with van der Waals surface area (Å²) in [6, 6.07) is 0. The number of rotatable bonds is 1. The van der Waals surface area contributed by atoms with E-state index in [2.05, 4.69) is 12.2 Å². The monoisotopic (exact) mass is 170 g/mol. The Morgan fingerprint density at radius 1 is 1.55 bits per heavy atom. The van der Waals surface area contributed by atoms with Crippen molar-refractivity contribution in [2.45, 2.75) is 19.8 Å². The van der Waals surface area contributed by atoms with Crippen LogP contribution in [0, 0.1) is 0 Å². The SMILES string of the molecule is CC=S(C)(=O)C1=CCCC=C1. The summed E-state index contributed by atoms with van der Waals surface area (Å²) in [5.74, 6) is 0. The van der Waals surface area contributed by atoms with Crippen LogP contribution in [-0.4, -0.2) is 15.8 Å². The molecule has 1 unspecified atom stereocenters. The molecule has 0 saturated heterocycles. The highest BCUT2D eigenvalue weighted by Crippen LogP contribution is 2.14. The summed E-state index contributed by atoms with van der Waals surface area (Å²) in [5, 5.41) is 1.79. The van der Waals surface area contributed by atoms with Crippen molar-refractivity contribution >= 4 is 14.9 Å². The van der Waals surface area contributed by atoms with Gasteiger partial charge in [0.25, 0.3) is 0 Å². The lowest BCUT2D eigenvalue weighted by atomic mass is 10.2. The molecule has 1 aliphatic rings. The second kappa shape index (κ2) is 3.26. The fourth-order valence-electron chi connectivity index (χ4n) is 1.03. The van der Waals surface area contributed by atoms with Crippen molar-refractivity contribution in [3.63, 3.8) is 0 Å². The Kier molecular flexibility index (Phi) is 2.55. The zero-order chi connectivity index (χ0) is 8.32. The van der Waals surface area contributed by atoms with Gasteiger partial charge in [-0.25, -0.2) is 0 Å². The third kappa shape index (κ3) is 1.96. The molecule has 0 N–H and O–H groups in total. The predicted molar refractivity (Wildman–Crippen MR) is 52.3 cm³/mol. The summed E-state index contributed by atoms with van der Waals surface area (Å²) in [6.45, 7) is 1.85. The van der Waals surface area contributed by atoms with E-state index in [1.165, 1.54) is 0 Å². The Balaban J connectivity index is 3.02. The van der Waals surface area contributed by atoms with Crippen LogP contribution >= 0.6 is 0 Å². The zero-order valence-electron chi connectivity index (χ0n) is 7.04. The molecule has 0 aromatic heterocycles. The predicted octanol–water partition coefficient (Wildman–Crippen LogP) is 1.96. The largest absolute Gasteiger partial charge is 0.263 e. The van der Waals surface area contributed by atoms with Gasteiger partial charge in [0, 0.05) is 11.2 Å². The summed E-state index contributed by atoms with van der Waals surface area (Å²) in [5.41, 5.74) is 0. The van der Waals surface area contributed by atoms with E-state index in [0.29, 0.717) is 0 Å². The van der Waals surface area contributed by atoms with Crippen LogP contribution in [0.2, 0.25) is 0 Å². The van der Waals surface area contributed by atoms with E-state index in [9.17, 15) is 4.21 Å². The van der Waals surface area contributed by atoms with Crippen molar-refractivity contribution in [1.82, 2.24) is 0 Å². The summed E-state index contributed by atoms with van der Waals surface area (Å²) in [4.78, 5) is 0.992. The molecule has 11 heavy (non-hydrogen) atoms. The molecule has 1 rings (SSSR count). The minimum absolute atomic E-state index is 0.992. The van der Waals surface area contributed by atoms with E-state index in [0.717, 1.165) is 17.7 Å². The van der Waals surface area contributed by atoms with Crippen molar-refractivity contribution < 1.29 is 4.21 Å². The maximum atomic E-state index is 11.7. The molecule has 1 aliphatic carbocycles. The summed E-state index contributed by atoms with van der Waals surface area (Å²) >= 11 is 0. The smallest absolute Gasteiger partial charge is 0.0261 e.